The lowest BCUT2D eigenvalue weighted by molar-refractivity contribution is 0.899. The lowest BCUT2D eigenvalue weighted by atomic mass is 10.4. The van der Waals surface area contributed by atoms with Crippen molar-refractivity contribution in [2.45, 2.75) is 19.3 Å². The lowest BCUT2D eigenvalue weighted by Crippen LogP contribution is -1.74. The van der Waals surface area contributed by atoms with E-state index < -0.39 is 0 Å². The second-order valence-corrected chi connectivity index (χ2v) is 3.86. The van der Waals surface area contributed by atoms with Gasteiger partial charge in [0, 0.05) is 4.88 Å². The highest BCUT2D eigenvalue weighted by atomic mass is 35.5. The molecular formula is C6H6ClNS. The Balaban J connectivity index is 2.51. The molecule has 1 aromatic heterocycles. The maximum Gasteiger partial charge on any atom is 0.184 e. The zero-order valence-corrected chi connectivity index (χ0v) is 6.43. The number of nitrogens with zero attached hydrogens (tertiary/aromatic N) is 1. The fourth-order valence-electron chi connectivity index (χ4n) is 1.16. The average Bonchev–Trinajstić information content (AvgIpc) is 2.22. The Kier molecular flexibility index (Phi) is 1.24. The molecule has 2 rings (SSSR count). The molecule has 0 spiro atoms. The van der Waals surface area contributed by atoms with E-state index in [1.807, 2.05) is 0 Å². The van der Waals surface area contributed by atoms with Crippen LogP contribution in [-0.4, -0.2) is 4.98 Å². The number of aromatic nitrogens is 1. The Hall–Kier alpha value is -0.0800. The second-order valence-electron chi connectivity index (χ2n) is 2.19. The summed E-state index contributed by atoms with van der Waals surface area (Å²) in [5.74, 6) is 0. The number of thiazole rings is 1. The quantitative estimate of drug-likeness (QED) is 0.566. The van der Waals surface area contributed by atoms with E-state index in [0.717, 1.165) is 6.42 Å². The first kappa shape index (κ1) is 5.69. The van der Waals surface area contributed by atoms with Gasteiger partial charge in [0.25, 0.3) is 0 Å². The van der Waals surface area contributed by atoms with Crippen molar-refractivity contribution in [1.29, 1.82) is 0 Å². The van der Waals surface area contributed by atoms with Gasteiger partial charge in [-0.3, -0.25) is 0 Å². The van der Waals surface area contributed by atoms with E-state index in [1.165, 1.54) is 23.4 Å². The van der Waals surface area contributed by atoms with Crippen LogP contribution >= 0.6 is 22.9 Å². The maximum atomic E-state index is 5.69. The van der Waals surface area contributed by atoms with Gasteiger partial charge >= 0.3 is 0 Å². The maximum absolute atomic E-state index is 5.69. The van der Waals surface area contributed by atoms with Gasteiger partial charge in [0.2, 0.25) is 0 Å². The molecule has 0 fully saturated rings. The lowest BCUT2D eigenvalue weighted by Gasteiger charge is -1.78. The minimum absolute atomic E-state index is 0.708. The van der Waals surface area contributed by atoms with Crippen LogP contribution in [0, 0.1) is 0 Å². The van der Waals surface area contributed by atoms with Gasteiger partial charge in [-0.2, -0.15) is 0 Å². The van der Waals surface area contributed by atoms with E-state index in [1.54, 1.807) is 11.3 Å². The Morgan fingerprint density at radius 2 is 2.33 bits per heavy atom. The highest BCUT2D eigenvalue weighted by molar-refractivity contribution is 7.15. The Bertz CT molecular complexity index is 209. The molecule has 3 heteroatoms. The number of hydrogen-bond donors (Lipinski definition) is 0. The third-order valence-corrected chi connectivity index (χ3v) is 2.83. The Labute approximate surface area is 62.7 Å². The normalized spacial score (nSPS) is 16.1. The first-order chi connectivity index (χ1) is 4.36. The second kappa shape index (κ2) is 1.96. The van der Waals surface area contributed by atoms with E-state index in [9.17, 15) is 0 Å². The molecule has 0 radical (unpaired) electrons. The van der Waals surface area contributed by atoms with Crippen LogP contribution in [0.2, 0.25) is 4.47 Å². The van der Waals surface area contributed by atoms with Crippen LogP contribution in [0.4, 0.5) is 0 Å². The SMILES string of the molecule is Clc1nc2c(s1)CCC2. The third kappa shape index (κ3) is 0.864. The molecule has 0 atom stereocenters. The van der Waals surface area contributed by atoms with Crippen LogP contribution in [0.1, 0.15) is 17.0 Å². The summed E-state index contributed by atoms with van der Waals surface area (Å²) in [6, 6.07) is 0. The van der Waals surface area contributed by atoms with Gasteiger partial charge in [0.05, 0.1) is 5.69 Å². The van der Waals surface area contributed by atoms with Crippen molar-refractivity contribution < 1.29 is 0 Å². The van der Waals surface area contributed by atoms with E-state index in [-0.39, 0.29) is 0 Å². The molecule has 9 heavy (non-hydrogen) atoms. The monoisotopic (exact) mass is 159 g/mol. The smallest absolute Gasteiger partial charge is 0.184 e. The van der Waals surface area contributed by atoms with E-state index in [2.05, 4.69) is 4.98 Å². The van der Waals surface area contributed by atoms with Crippen LogP contribution in [-0.2, 0) is 12.8 Å². The summed E-state index contributed by atoms with van der Waals surface area (Å²) in [7, 11) is 0. The molecule has 1 heterocycles. The minimum Gasteiger partial charge on any atom is -0.230 e. The number of fused-ring (bicyclic) bond motifs is 1. The van der Waals surface area contributed by atoms with Crippen molar-refractivity contribution >= 4 is 22.9 Å². The summed E-state index contributed by atoms with van der Waals surface area (Å²) >= 11 is 7.32. The van der Waals surface area contributed by atoms with Crippen LogP contribution < -0.4 is 0 Å². The molecule has 0 amide bonds. The van der Waals surface area contributed by atoms with Gasteiger partial charge in [0.1, 0.15) is 0 Å². The summed E-state index contributed by atoms with van der Waals surface area (Å²) < 4.78 is 0.708. The van der Waals surface area contributed by atoms with Crippen LogP contribution in [0.3, 0.4) is 0 Å². The highest BCUT2D eigenvalue weighted by Gasteiger charge is 2.14. The molecule has 0 saturated carbocycles. The van der Waals surface area contributed by atoms with Crippen molar-refractivity contribution in [3.05, 3.63) is 15.0 Å². The first-order valence-electron chi connectivity index (χ1n) is 3.00. The highest BCUT2D eigenvalue weighted by Crippen LogP contribution is 2.29. The van der Waals surface area contributed by atoms with Crippen molar-refractivity contribution in [2.24, 2.45) is 0 Å². The molecule has 0 bridgehead atoms. The van der Waals surface area contributed by atoms with Crippen molar-refractivity contribution in [3.63, 3.8) is 0 Å². The molecule has 1 aliphatic rings. The number of aryl methyl sites for hydroxylation is 2. The number of halogens is 1. The fraction of sp³-hybridized carbons (Fsp3) is 0.500. The van der Waals surface area contributed by atoms with Gasteiger partial charge in [0.15, 0.2) is 4.47 Å². The van der Waals surface area contributed by atoms with Crippen LogP contribution in [0.25, 0.3) is 0 Å². The number of hydrogen-bond acceptors (Lipinski definition) is 2. The Morgan fingerprint density at radius 3 is 3.11 bits per heavy atom. The molecule has 1 nitrogen and oxygen atoms in total. The predicted molar refractivity (Wildman–Crippen MR) is 39.1 cm³/mol. The molecule has 0 N–H and O–H groups in total. The van der Waals surface area contributed by atoms with Gasteiger partial charge in [-0.05, 0) is 19.3 Å². The largest absolute Gasteiger partial charge is 0.230 e. The molecular weight excluding hydrogens is 154 g/mol. The predicted octanol–water partition coefficient (Wildman–Crippen LogP) is 2.29. The molecule has 1 aliphatic carbocycles. The summed E-state index contributed by atoms with van der Waals surface area (Å²) in [6.45, 7) is 0. The fourth-order valence-corrected chi connectivity index (χ4v) is 2.41. The first-order valence-corrected chi connectivity index (χ1v) is 4.20. The minimum atomic E-state index is 0.708. The molecule has 0 saturated heterocycles. The zero-order chi connectivity index (χ0) is 6.27. The van der Waals surface area contributed by atoms with Gasteiger partial charge in [-0.15, -0.1) is 11.3 Å². The standard InChI is InChI=1S/C6H6ClNS/c7-6-8-4-2-1-3-5(4)9-6/h1-3H2. The van der Waals surface area contributed by atoms with Gasteiger partial charge in [-0.25, -0.2) is 4.98 Å². The molecule has 0 unspecified atom stereocenters. The van der Waals surface area contributed by atoms with Crippen molar-refractivity contribution in [2.75, 3.05) is 0 Å². The van der Waals surface area contributed by atoms with E-state index in [4.69, 9.17) is 11.6 Å². The van der Waals surface area contributed by atoms with Crippen LogP contribution in [0.15, 0.2) is 0 Å². The summed E-state index contributed by atoms with van der Waals surface area (Å²) in [6.07, 6.45) is 3.60. The van der Waals surface area contributed by atoms with E-state index in [0.29, 0.717) is 4.47 Å². The molecule has 0 aliphatic heterocycles. The molecule has 48 valence electrons. The topological polar surface area (TPSA) is 12.9 Å². The molecule has 0 aromatic carbocycles. The van der Waals surface area contributed by atoms with Crippen molar-refractivity contribution in [1.82, 2.24) is 4.98 Å². The number of rotatable bonds is 0. The van der Waals surface area contributed by atoms with Crippen LogP contribution in [0.5, 0.6) is 0 Å². The van der Waals surface area contributed by atoms with Gasteiger partial charge in [-0.1, -0.05) is 11.6 Å². The average molecular weight is 160 g/mol. The molecule has 1 aromatic rings. The summed E-state index contributed by atoms with van der Waals surface area (Å²) in [5, 5.41) is 0. The zero-order valence-electron chi connectivity index (χ0n) is 4.85. The van der Waals surface area contributed by atoms with E-state index >= 15 is 0 Å². The third-order valence-electron chi connectivity index (χ3n) is 1.57. The Morgan fingerprint density at radius 1 is 1.44 bits per heavy atom. The van der Waals surface area contributed by atoms with Gasteiger partial charge < -0.3 is 0 Å². The summed E-state index contributed by atoms with van der Waals surface area (Å²) in [4.78, 5) is 5.58. The summed E-state index contributed by atoms with van der Waals surface area (Å²) in [5.41, 5.74) is 1.24. The van der Waals surface area contributed by atoms with Crippen molar-refractivity contribution in [3.8, 4) is 0 Å².